The normalized spacial score (nSPS) is 15.9. The number of anilines is 1. The number of likely N-dealkylation sites (N-methyl/N-ethyl adjacent to an activating group) is 1. The molecule has 0 aliphatic carbocycles. The van der Waals surface area contributed by atoms with E-state index in [2.05, 4.69) is 27.9 Å². The molecule has 0 unspecified atom stereocenters. The molecule has 1 fully saturated rings. The van der Waals surface area contributed by atoms with E-state index in [-0.39, 0.29) is 5.56 Å². The van der Waals surface area contributed by atoms with Gasteiger partial charge in [-0.2, -0.15) is 0 Å². The molecule has 0 N–H and O–H groups in total. The first-order valence-corrected chi connectivity index (χ1v) is 9.99. The molecule has 0 spiro atoms. The quantitative estimate of drug-likeness (QED) is 0.528. The number of hydrogen-bond acceptors (Lipinski definition) is 5. The van der Waals surface area contributed by atoms with E-state index in [0.29, 0.717) is 11.3 Å². The van der Waals surface area contributed by atoms with Crippen LogP contribution in [-0.2, 0) is 0 Å². The molecule has 5 rings (SSSR count). The van der Waals surface area contributed by atoms with Crippen molar-refractivity contribution in [1.82, 2.24) is 23.7 Å². The topological polar surface area (TPSA) is 58.2 Å². The van der Waals surface area contributed by atoms with Gasteiger partial charge in [0, 0.05) is 49.9 Å². The van der Waals surface area contributed by atoms with Crippen LogP contribution in [0, 0.1) is 6.92 Å². The fourth-order valence-corrected chi connectivity index (χ4v) is 4.00. The number of imidazole rings is 1. The molecule has 148 valence electrons. The maximum atomic E-state index is 12.9. The highest BCUT2D eigenvalue weighted by Gasteiger charge is 2.14. The Labute approximate surface area is 168 Å². The van der Waals surface area contributed by atoms with Crippen LogP contribution in [-0.4, -0.2) is 56.9 Å². The van der Waals surface area contributed by atoms with E-state index in [1.54, 1.807) is 10.5 Å². The zero-order valence-electron chi connectivity index (χ0n) is 16.7. The molecule has 0 aromatic carbocycles. The molecule has 29 heavy (non-hydrogen) atoms. The molecule has 4 aromatic heterocycles. The van der Waals surface area contributed by atoms with Crippen molar-refractivity contribution in [3.63, 3.8) is 0 Å². The van der Waals surface area contributed by atoms with Gasteiger partial charge in [0.05, 0.1) is 17.1 Å². The Hall–Kier alpha value is -3.19. The van der Waals surface area contributed by atoms with E-state index in [1.807, 2.05) is 48.1 Å². The number of aryl methyl sites for hydroxylation is 1. The maximum absolute atomic E-state index is 12.9. The molecule has 4 aromatic rings. The average molecular weight is 388 g/mol. The highest BCUT2D eigenvalue weighted by atomic mass is 16.1. The van der Waals surface area contributed by atoms with Crippen LogP contribution in [0.1, 0.15) is 12.1 Å². The Morgan fingerprint density at radius 1 is 0.897 bits per heavy atom. The second-order valence-corrected chi connectivity index (χ2v) is 7.80. The summed E-state index contributed by atoms with van der Waals surface area (Å²) in [6.45, 7) is 6.07. The number of nitrogens with zero attached hydrogens (tertiary/aromatic N) is 6. The van der Waals surface area contributed by atoms with Gasteiger partial charge in [-0.3, -0.25) is 9.20 Å². The SMILES string of the molecule is Cc1cn2cc(-c3cc(=O)n4cc(N5CCCN(C)CC5)ccc4n3)ccc2n1. The molecule has 0 amide bonds. The maximum Gasteiger partial charge on any atom is 0.258 e. The third kappa shape index (κ3) is 3.38. The molecular formula is C22H24N6O. The summed E-state index contributed by atoms with van der Waals surface area (Å²) in [6.07, 6.45) is 6.98. The van der Waals surface area contributed by atoms with Crippen LogP contribution < -0.4 is 10.5 Å². The van der Waals surface area contributed by atoms with Crippen molar-refractivity contribution >= 4 is 17.0 Å². The molecular weight excluding hydrogens is 364 g/mol. The molecule has 1 aliphatic heterocycles. The molecule has 0 saturated carbocycles. The van der Waals surface area contributed by atoms with Crippen LogP contribution in [0.2, 0.25) is 0 Å². The van der Waals surface area contributed by atoms with E-state index >= 15 is 0 Å². The van der Waals surface area contributed by atoms with Crippen LogP contribution in [0.25, 0.3) is 22.6 Å². The molecule has 1 aliphatic rings. The summed E-state index contributed by atoms with van der Waals surface area (Å²) in [6, 6.07) is 9.53. The van der Waals surface area contributed by atoms with Crippen LogP contribution in [0.15, 0.2) is 53.7 Å². The van der Waals surface area contributed by atoms with E-state index in [0.717, 1.165) is 55.2 Å². The van der Waals surface area contributed by atoms with Crippen LogP contribution >= 0.6 is 0 Å². The van der Waals surface area contributed by atoms with Crippen molar-refractivity contribution < 1.29 is 0 Å². The Morgan fingerprint density at radius 2 is 1.76 bits per heavy atom. The lowest BCUT2D eigenvalue weighted by Gasteiger charge is -2.23. The van der Waals surface area contributed by atoms with Crippen LogP contribution in [0.5, 0.6) is 0 Å². The Bertz CT molecular complexity index is 1260. The highest BCUT2D eigenvalue weighted by Crippen LogP contribution is 2.20. The fraction of sp³-hybridized carbons (Fsp3) is 0.318. The zero-order valence-corrected chi connectivity index (χ0v) is 16.7. The lowest BCUT2D eigenvalue weighted by atomic mass is 10.2. The standard InChI is InChI=1S/C22H24N6O/c1-16-13-27-14-17(4-6-20(27)23-16)19-12-22(29)28-15-18(5-7-21(28)24-19)26-9-3-8-25(2)10-11-26/h4-7,12-15H,3,8-11H2,1-2H3. The van der Waals surface area contributed by atoms with Gasteiger partial charge in [-0.15, -0.1) is 0 Å². The van der Waals surface area contributed by atoms with E-state index in [9.17, 15) is 4.79 Å². The second kappa shape index (κ2) is 7.00. The van der Waals surface area contributed by atoms with Gasteiger partial charge in [-0.1, -0.05) is 0 Å². The molecule has 7 heteroatoms. The minimum atomic E-state index is -0.0688. The molecule has 0 atom stereocenters. The summed E-state index contributed by atoms with van der Waals surface area (Å²) >= 11 is 0. The van der Waals surface area contributed by atoms with E-state index in [1.165, 1.54) is 0 Å². The summed E-state index contributed by atoms with van der Waals surface area (Å²) in [5.74, 6) is 0. The monoisotopic (exact) mass is 388 g/mol. The summed E-state index contributed by atoms with van der Waals surface area (Å²) in [5.41, 5.74) is 5.07. The molecule has 5 heterocycles. The first kappa shape index (κ1) is 17.9. The third-order valence-electron chi connectivity index (χ3n) is 5.60. The number of aromatic nitrogens is 4. The molecule has 7 nitrogen and oxygen atoms in total. The van der Waals surface area contributed by atoms with Gasteiger partial charge in [-0.05, 0) is 51.2 Å². The number of pyridine rings is 2. The highest BCUT2D eigenvalue weighted by molar-refractivity contribution is 5.64. The van der Waals surface area contributed by atoms with E-state index in [4.69, 9.17) is 4.98 Å². The number of hydrogen-bond donors (Lipinski definition) is 0. The summed E-state index contributed by atoms with van der Waals surface area (Å²) < 4.78 is 3.61. The van der Waals surface area contributed by atoms with Gasteiger partial charge in [0.25, 0.3) is 5.56 Å². The van der Waals surface area contributed by atoms with Crippen molar-refractivity contribution in [3.8, 4) is 11.3 Å². The smallest absolute Gasteiger partial charge is 0.258 e. The average Bonchev–Trinajstić information content (AvgIpc) is 2.95. The predicted molar refractivity (Wildman–Crippen MR) is 115 cm³/mol. The van der Waals surface area contributed by atoms with Gasteiger partial charge >= 0.3 is 0 Å². The van der Waals surface area contributed by atoms with Crippen LogP contribution in [0.4, 0.5) is 5.69 Å². The zero-order chi connectivity index (χ0) is 20.0. The summed E-state index contributed by atoms with van der Waals surface area (Å²) in [4.78, 5) is 26.8. The van der Waals surface area contributed by atoms with Gasteiger partial charge in [0.1, 0.15) is 11.3 Å². The first-order chi connectivity index (χ1) is 14.1. The fourth-order valence-electron chi connectivity index (χ4n) is 4.00. The summed E-state index contributed by atoms with van der Waals surface area (Å²) in [5, 5.41) is 0. The lowest BCUT2D eigenvalue weighted by molar-refractivity contribution is 0.360. The number of fused-ring (bicyclic) bond motifs is 2. The Balaban J connectivity index is 1.53. The van der Waals surface area contributed by atoms with E-state index < -0.39 is 0 Å². The lowest BCUT2D eigenvalue weighted by Crippen LogP contribution is -2.29. The van der Waals surface area contributed by atoms with Crippen molar-refractivity contribution in [1.29, 1.82) is 0 Å². The largest absolute Gasteiger partial charge is 0.369 e. The van der Waals surface area contributed by atoms with Gasteiger partial charge in [0.15, 0.2) is 0 Å². The predicted octanol–water partition coefficient (Wildman–Crippen LogP) is 2.46. The van der Waals surface area contributed by atoms with Crippen molar-refractivity contribution in [2.45, 2.75) is 13.3 Å². The van der Waals surface area contributed by atoms with Gasteiger partial charge < -0.3 is 14.2 Å². The first-order valence-electron chi connectivity index (χ1n) is 9.99. The van der Waals surface area contributed by atoms with Crippen molar-refractivity contribution in [2.75, 3.05) is 38.1 Å². The minimum Gasteiger partial charge on any atom is -0.369 e. The van der Waals surface area contributed by atoms with Crippen molar-refractivity contribution in [3.05, 3.63) is 65.0 Å². The van der Waals surface area contributed by atoms with Gasteiger partial charge in [0.2, 0.25) is 0 Å². The Kier molecular flexibility index (Phi) is 4.32. The van der Waals surface area contributed by atoms with Crippen LogP contribution in [0.3, 0.4) is 0 Å². The third-order valence-corrected chi connectivity index (χ3v) is 5.60. The number of rotatable bonds is 2. The minimum absolute atomic E-state index is 0.0688. The summed E-state index contributed by atoms with van der Waals surface area (Å²) in [7, 11) is 2.16. The van der Waals surface area contributed by atoms with Crippen molar-refractivity contribution in [2.24, 2.45) is 0 Å². The Morgan fingerprint density at radius 3 is 2.66 bits per heavy atom. The van der Waals surface area contributed by atoms with Gasteiger partial charge in [-0.25, -0.2) is 9.97 Å². The molecule has 0 radical (unpaired) electrons. The molecule has 0 bridgehead atoms. The second-order valence-electron chi connectivity index (χ2n) is 7.80. The molecule has 1 saturated heterocycles.